The molecule has 3 aromatic rings. The summed E-state index contributed by atoms with van der Waals surface area (Å²) in [6.45, 7) is 12.6. The maximum atomic E-state index is 6.31. The zero-order valence-corrected chi connectivity index (χ0v) is 26.5. The Morgan fingerprint density at radius 1 is 0.750 bits per heavy atom. The van der Waals surface area contributed by atoms with E-state index in [9.17, 15) is 0 Å². The smallest absolute Gasteiger partial charge is 1.00 e. The van der Waals surface area contributed by atoms with Gasteiger partial charge in [-0.05, 0) is 0 Å². The van der Waals surface area contributed by atoms with Gasteiger partial charge in [0.15, 0.2) is 0 Å². The molecule has 2 nitrogen and oxygen atoms in total. The molecule has 0 N–H and O–H groups in total. The number of rotatable bonds is 7. The van der Waals surface area contributed by atoms with Crippen LogP contribution in [-0.2, 0) is 31.9 Å². The van der Waals surface area contributed by atoms with Gasteiger partial charge in [0.25, 0.3) is 0 Å². The van der Waals surface area contributed by atoms with Crippen LogP contribution in [0.3, 0.4) is 0 Å². The zero-order valence-electron chi connectivity index (χ0n) is 21.6. The fourth-order valence-corrected chi connectivity index (χ4v) is 9.47. The molecule has 6 heteroatoms. The number of allylic oxidation sites excluding steroid dienone is 1. The van der Waals surface area contributed by atoms with Crippen LogP contribution in [-0.4, -0.2) is 24.7 Å². The third-order valence-electron chi connectivity index (χ3n) is 6.51. The molecule has 0 heterocycles. The van der Waals surface area contributed by atoms with Crippen molar-refractivity contribution in [2.75, 3.05) is 13.2 Å². The minimum Gasteiger partial charge on any atom is -1.00 e. The van der Waals surface area contributed by atoms with Crippen LogP contribution < -0.4 is 24.8 Å². The van der Waals surface area contributed by atoms with Crippen LogP contribution in [0.15, 0.2) is 72.8 Å². The summed E-state index contributed by atoms with van der Waals surface area (Å²) in [5.41, 5.74) is 10.00. The third-order valence-corrected chi connectivity index (χ3v) is 11.2. The second kappa shape index (κ2) is 12.0. The quantitative estimate of drug-likeness (QED) is 0.296. The normalized spacial score (nSPS) is 17.0. The van der Waals surface area contributed by atoms with Gasteiger partial charge in [-0.2, -0.15) is 0 Å². The van der Waals surface area contributed by atoms with E-state index in [1.54, 1.807) is 8.77 Å². The second-order valence-corrected chi connectivity index (χ2v) is 19.5. The van der Waals surface area contributed by atoms with Crippen LogP contribution in [0.2, 0.25) is 19.6 Å². The summed E-state index contributed by atoms with van der Waals surface area (Å²) < 4.78 is 14.6. The molecule has 0 aromatic heterocycles. The van der Waals surface area contributed by atoms with Crippen molar-refractivity contribution >= 4 is 17.3 Å². The van der Waals surface area contributed by atoms with Gasteiger partial charge >= 0.3 is 217 Å². The van der Waals surface area contributed by atoms with E-state index in [4.69, 9.17) is 9.16 Å². The van der Waals surface area contributed by atoms with Crippen molar-refractivity contribution in [3.05, 3.63) is 101 Å². The van der Waals surface area contributed by atoms with E-state index in [1.807, 2.05) is 0 Å². The summed E-state index contributed by atoms with van der Waals surface area (Å²) in [6.07, 6.45) is 2.35. The summed E-state index contributed by atoms with van der Waals surface area (Å²) in [5, 5.41) is 0. The predicted octanol–water partition coefficient (Wildman–Crippen LogP) is 1.41. The van der Waals surface area contributed by atoms with Crippen LogP contribution in [0.25, 0.3) is 16.9 Å². The van der Waals surface area contributed by atoms with Crippen molar-refractivity contribution in [3.63, 3.8) is 0 Å². The summed E-state index contributed by atoms with van der Waals surface area (Å²) >= 11 is -0.743. The Hall–Kier alpha value is -1.29. The molecule has 187 valence electrons. The van der Waals surface area contributed by atoms with E-state index in [2.05, 4.69) is 106 Å². The Labute approximate surface area is 240 Å². The van der Waals surface area contributed by atoms with Crippen LogP contribution in [0.1, 0.15) is 51.2 Å². The fourth-order valence-electron chi connectivity index (χ4n) is 5.21. The molecule has 2 atom stereocenters. The van der Waals surface area contributed by atoms with Gasteiger partial charge in [0.2, 0.25) is 0 Å². The van der Waals surface area contributed by atoms with Crippen molar-refractivity contribution in [2.45, 2.75) is 43.0 Å². The summed E-state index contributed by atoms with van der Waals surface area (Å²) in [6, 6.07) is 24.8. The van der Waals surface area contributed by atoms with E-state index in [0.717, 1.165) is 5.76 Å². The zero-order chi connectivity index (χ0) is 23.9. The Bertz CT molecular complexity index is 1290. The first kappa shape index (κ1) is 29.3. The van der Waals surface area contributed by atoms with E-state index >= 15 is 0 Å². The predicted molar refractivity (Wildman–Crippen MR) is 142 cm³/mol. The molecule has 2 unspecified atom stereocenters. The van der Waals surface area contributed by atoms with Crippen LogP contribution in [0.4, 0.5) is 0 Å². The molecular weight excluding hydrogens is 583 g/mol. The van der Waals surface area contributed by atoms with Gasteiger partial charge < -0.3 is 24.8 Å². The standard InChI is InChI=1S/C27H27O2Si.C3H6.2ClH.Zr/c1-30(2,3)29-16-15-28-27-18-26(22-11-6-7-12-24(22)27)23-14-8-13-21-20-10-5-4-9-19(20)17-25(21)23;1-3-2;;;/h4-14,17-18,26H,15-16H2,1-3H3;1-2H3;2*1H;/q;;;;+2/p-2. The monoisotopic (exact) mass is 613 g/mol. The van der Waals surface area contributed by atoms with Gasteiger partial charge in [0.05, 0.1) is 0 Å². The minimum atomic E-state index is -1.53. The molecule has 0 spiro atoms. The topological polar surface area (TPSA) is 18.5 Å². The van der Waals surface area contributed by atoms with Crippen LogP contribution >= 0.6 is 0 Å². The van der Waals surface area contributed by atoms with E-state index in [1.165, 1.54) is 33.4 Å². The Morgan fingerprint density at radius 2 is 1.36 bits per heavy atom. The second-order valence-electron chi connectivity index (χ2n) is 10.4. The van der Waals surface area contributed by atoms with E-state index < -0.39 is 31.1 Å². The van der Waals surface area contributed by atoms with Gasteiger partial charge in [-0.3, -0.25) is 0 Å². The van der Waals surface area contributed by atoms with Crippen molar-refractivity contribution in [2.24, 2.45) is 0 Å². The first-order chi connectivity index (χ1) is 16.3. The van der Waals surface area contributed by atoms with Crippen molar-refractivity contribution in [1.29, 1.82) is 0 Å². The molecule has 0 saturated heterocycles. The number of fused-ring (bicyclic) bond motifs is 4. The molecule has 2 aliphatic carbocycles. The summed E-state index contributed by atoms with van der Waals surface area (Å²) in [7, 11) is -1.53. The third kappa shape index (κ3) is 5.89. The number of ether oxygens (including phenoxy) is 1. The fraction of sp³-hybridized carbons (Fsp3) is 0.300. The first-order valence-corrected chi connectivity index (χ1v) is 18.3. The number of halogens is 2. The molecule has 0 aliphatic heterocycles. The van der Waals surface area contributed by atoms with Gasteiger partial charge in [-0.15, -0.1) is 0 Å². The Morgan fingerprint density at radius 3 is 2.06 bits per heavy atom. The number of hydrogen-bond acceptors (Lipinski definition) is 2. The molecule has 0 fully saturated rings. The van der Waals surface area contributed by atoms with Crippen molar-refractivity contribution in [3.8, 4) is 11.1 Å². The molecule has 2 aliphatic rings. The summed E-state index contributed by atoms with van der Waals surface area (Å²) in [4.78, 5) is 0. The Balaban J connectivity index is 0.00000180. The SMILES string of the molecule is C[C](C)=[Zr+2][CH]1c2ccccc2-c2cccc(C3C=C(OCCO[Si](C)(C)C)c4ccccc43)c21.[Cl-].[Cl-]. The summed E-state index contributed by atoms with van der Waals surface area (Å²) in [5.74, 6) is 1.23. The van der Waals surface area contributed by atoms with E-state index in [0.29, 0.717) is 16.8 Å². The molecule has 36 heavy (non-hydrogen) atoms. The van der Waals surface area contributed by atoms with Crippen molar-refractivity contribution < 1.29 is 56.7 Å². The largest absolute Gasteiger partial charge is 1.00 e. The maximum absolute atomic E-state index is 6.31. The van der Waals surface area contributed by atoms with Gasteiger partial charge in [0.1, 0.15) is 0 Å². The molecular formula is C30H33Cl2O2SiZr. The molecule has 0 bridgehead atoms. The number of hydrogen-bond donors (Lipinski definition) is 0. The molecule has 0 radical (unpaired) electrons. The first-order valence-electron chi connectivity index (χ1n) is 12.2. The van der Waals surface area contributed by atoms with Crippen LogP contribution in [0, 0.1) is 0 Å². The molecule has 5 rings (SSSR count). The number of benzene rings is 3. The van der Waals surface area contributed by atoms with Crippen LogP contribution in [0.5, 0.6) is 0 Å². The van der Waals surface area contributed by atoms with Gasteiger partial charge in [0, 0.05) is 0 Å². The average molecular weight is 616 g/mol. The maximum Gasteiger partial charge on any atom is -1.00 e. The molecule has 0 amide bonds. The molecule has 0 saturated carbocycles. The van der Waals surface area contributed by atoms with Gasteiger partial charge in [-0.25, -0.2) is 0 Å². The minimum absolute atomic E-state index is 0. The molecule has 3 aromatic carbocycles. The van der Waals surface area contributed by atoms with Gasteiger partial charge in [-0.1, -0.05) is 0 Å². The van der Waals surface area contributed by atoms with E-state index in [-0.39, 0.29) is 30.7 Å². The Kier molecular flexibility index (Phi) is 9.80. The average Bonchev–Trinajstić information content (AvgIpc) is 3.32. The van der Waals surface area contributed by atoms with Crippen molar-refractivity contribution in [1.82, 2.24) is 0 Å².